The van der Waals surface area contributed by atoms with Crippen molar-refractivity contribution in [2.45, 2.75) is 20.8 Å². The summed E-state index contributed by atoms with van der Waals surface area (Å²) in [6, 6.07) is 11.9. The number of hydrogen-bond donors (Lipinski definition) is 0. The Morgan fingerprint density at radius 3 is 2.60 bits per heavy atom. The third-order valence-corrected chi connectivity index (χ3v) is 3.54. The van der Waals surface area contributed by atoms with Crippen molar-refractivity contribution in [2.24, 2.45) is 5.18 Å². The van der Waals surface area contributed by atoms with Crippen molar-refractivity contribution in [1.82, 2.24) is 9.38 Å². The number of hydrogen-bond acceptors (Lipinski definition) is 3. The molecule has 2 aromatic heterocycles. The monoisotopic (exact) mass is 265 g/mol. The lowest BCUT2D eigenvalue weighted by Crippen LogP contribution is -1.89. The minimum absolute atomic E-state index is 0.366. The first kappa shape index (κ1) is 12.5. The van der Waals surface area contributed by atoms with Crippen molar-refractivity contribution >= 4 is 11.5 Å². The average Bonchev–Trinajstić information content (AvgIpc) is 2.78. The highest BCUT2D eigenvalue weighted by Crippen LogP contribution is 2.33. The van der Waals surface area contributed by atoms with Crippen LogP contribution < -0.4 is 0 Å². The van der Waals surface area contributed by atoms with Crippen molar-refractivity contribution in [2.75, 3.05) is 0 Å². The van der Waals surface area contributed by atoms with E-state index in [9.17, 15) is 4.91 Å². The largest absolute Gasteiger partial charge is 0.278 e. The molecule has 3 aromatic rings. The van der Waals surface area contributed by atoms with Crippen molar-refractivity contribution < 1.29 is 0 Å². The van der Waals surface area contributed by atoms with Gasteiger partial charge >= 0.3 is 0 Å². The summed E-state index contributed by atoms with van der Waals surface area (Å²) in [5.74, 6) is 0.366. The van der Waals surface area contributed by atoms with Gasteiger partial charge in [0.1, 0.15) is 11.3 Å². The molecule has 0 spiro atoms. The van der Waals surface area contributed by atoms with E-state index >= 15 is 0 Å². The van der Waals surface area contributed by atoms with E-state index in [1.54, 1.807) is 4.40 Å². The second kappa shape index (κ2) is 4.56. The summed E-state index contributed by atoms with van der Waals surface area (Å²) in [6.07, 6.45) is 0. The maximum Gasteiger partial charge on any atom is 0.209 e. The van der Waals surface area contributed by atoms with Gasteiger partial charge in [-0.15, -0.1) is 4.91 Å². The van der Waals surface area contributed by atoms with Crippen LogP contribution in [0.15, 0.2) is 41.6 Å². The van der Waals surface area contributed by atoms with Crippen LogP contribution in [0.25, 0.3) is 16.9 Å². The molecule has 0 aliphatic rings. The zero-order valence-corrected chi connectivity index (χ0v) is 11.7. The second-order valence-corrected chi connectivity index (χ2v) is 5.05. The summed E-state index contributed by atoms with van der Waals surface area (Å²) >= 11 is 0. The molecule has 0 N–H and O–H groups in total. The molecule has 0 saturated heterocycles. The fraction of sp³-hybridized carbons (Fsp3) is 0.188. The van der Waals surface area contributed by atoms with Crippen LogP contribution in [-0.2, 0) is 0 Å². The highest BCUT2D eigenvalue weighted by molar-refractivity contribution is 5.77. The predicted molar refractivity (Wildman–Crippen MR) is 80.3 cm³/mol. The Kier molecular flexibility index (Phi) is 2.86. The Morgan fingerprint density at radius 2 is 1.90 bits per heavy atom. The number of rotatable bonds is 2. The standard InChI is InChI=1S/C16H15N3O/c1-10-7-8-13(11(2)9-10)15-16(18-20)19-12(3)5-4-6-14(19)17-15/h4-9H,1-3H3. The van der Waals surface area contributed by atoms with E-state index in [-0.39, 0.29) is 0 Å². The van der Waals surface area contributed by atoms with Crippen molar-refractivity contribution in [1.29, 1.82) is 0 Å². The van der Waals surface area contributed by atoms with Crippen molar-refractivity contribution in [3.63, 3.8) is 0 Å². The second-order valence-electron chi connectivity index (χ2n) is 5.05. The third-order valence-electron chi connectivity index (χ3n) is 3.54. The molecule has 0 aliphatic carbocycles. The number of benzene rings is 1. The van der Waals surface area contributed by atoms with Gasteiger partial charge < -0.3 is 0 Å². The van der Waals surface area contributed by atoms with Gasteiger partial charge in [-0.3, -0.25) is 4.40 Å². The zero-order valence-electron chi connectivity index (χ0n) is 11.7. The van der Waals surface area contributed by atoms with Gasteiger partial charge in [0, 0.05) is 11.3 Å². The highest BCUT2D eigenvalue weighted by atomic mass is 16.3. The van der Waals surface area contributed by atoms with Crippen molar-refractivity contribution in [3.05, 3.63) is 58.1 Å². The van der Waals surface area contributed by atoms with Gasteiger partial charge in [0.25, 0.3) is 0 Å². The zero-order chi connectivity index (χ0) is 14.3. The van der Waals surface area contributed by atoms with E-state index in [0.29, 0.717) is 11.5 Å². The molecule has 0 atom stereocenters. The molecule has 20 heavy (non-hydrogen) atoms. The molecule has 2 heterocycles. The van der Waals surface area contributed by atoms with Crippen LogP contribution in [0, 0.1) is 25.7 Å². The number of imidazole rings is 1. The van der Waals surface area contributed by atoms with Crippen LogP contribution in [-0.4, -0.2) is 9.38 Å². The molecule has 1 aromatic carbocycles. The van der Waals surface area contributed by atoms with Gasteiger partial charge in [0.2, 0.25) is 5.82 Å². The molecule has 0 bridgehead atoms. The molecular weight excluding hydrogens is 250 g/mol. The molecule has 0 saturated carbocycles. The molecule has 100 valence electrons. The van der Waals surface area contributed by atoms with Gasteiger partial charge in [0.15, 0.2) is 0 Å². The van der Waals surface area contributed by atoms with E-state index in [1.165, 1.54) is 5.56 Å². The molecule has 3 rings (SSSR count). The van der Waals surface area contributed by atoms with Gasteiger partial charge in [-0.05, 0) is 43.6 Å². The maximum atomic E-state index is 11.3. The van der Waals surface area contributed by atoms with Gasteiger partial charge in [-0.25, -0.2) is 4.98 Å². The van der Waals surface area contributed by atoms with E-state index in [2.05, 4.69) is 16.2 Å². The van der Waals surface area contributed by atoms with Crippen LogP contribution in [0.3, 0.4) is 0 Å². The molecule has 0 unspecified atom stereocenters. The Bertz CT molecular complexity index is 818. The first-order valence-corrected chi connectivity index (χ1v) is 6.51. The smallest absolute Gasteiger partial charge is 0.209 e. The summed E-state index contributed by atoms with van der Waals surface area (Å²) in [4.78, 5) is 15.9. The lowest BCUT2D eigenvalue weighted by Gasteiger charge is -2.04. The summed E-state index contributed by atoms with van der Waals surface area (Å²) in [6.45, 7) is 6.01. The number of aromatic nitrogens is 2. The van der Waals surface area contributed by atoms with E-state index in [1.807, 2.05) is 51.1 Å². The molecule has 0 amide bonds. The lowest BCUT2D eigenvalue weighted by molar-refractivity contribution is 1.08. The van der Waals surface area contributed by atoms with Gasteiger partial charge in [-0.2, -0.15) is 0 Å². The topological polar surface area (TPSA) is 46.7 Å². The SMILES string of the molecule is Cc1ccc(-c2nc3cccc(C)n3c2N=O)c(C)c1. The fourth-order valence-corrected chi connectivity index (χ4v) is 2.58. The van der Waals surface area contributed by atoms with Crippen LogP contribution in [0.5, 0.6) is 0 Å². The molecular formula is C16H15N3O. The molecule has 0 radical (unpaired) electrons. The van der Waals surface area contributed by atoms with E-state index < -0.39 is 0 Å². The summed E-state index contributed by atoms with van der Waals surface area (Å²) in [7, 11) is 0. The number of aryl methyl sites for hydroxylation is 3. The first-order valence-electron chi connectivity index (χ1n) is 6.51. The molecule has 4 heteroatoms. The van der Waals surface area contributed by atoms with Crippen molar-refractivity contribution in [3.8, 4) is 11.3 Å². The summed E-state index contributed by atoms with van der Waals surface area (Å²) in [5.41, 5.74) is 5.57. The van der Waals surface area contributed by atoms with Gasteiger partial charge in [-0.1, -0.05) is 29.8 Å². The third kappa shape index (κ3) is 1.81. The lowest BCUT2D eigenvalue weighted by atomic mass is 10.0. The minimum Gasteiger partial charge on any atom is -0.278 e. The number of pyridine rings is 1. The Morgan fingerprint density at radius 1 is 1.10 bits per heavy atom. The van der Waals surface area contributed by atoms with Crippen LogP contribution in [0.1, 0.15) is 16.8 Å². The number of nitroso groups, excluding NO2 is 1. The van der Waals surface area contributed by atoms with E-state index in [4.69, 9.17) is 0 Å². The molecule has 0 aliphatic heterocycles. The maximum absolute atomic E-state index is 11.3. The van der Waals surface area contributed by atoms with Crippen LogP contribution in [0.2, 0.25) is 0 Å². The summed E-state index contributed by atoms with van der Waals surface area (Å²) in [5, 5.41) is 3.21. The normalized spacial score (nSPS) is 10.9. The van der Waals surface area contributed by atoms with Gasteiger partial charge in [0.05, 0.1) is 0 Å². The van der Waals surface area contributed by atoms with E-state index in [0.717, 1.165) is 22.5 Å². The number of fused-ring (bicyclic) bond motifs is 1. The van der Waals surface area contributed by atoms with Crippen LogP contribution >= 0.6 is 0 Å². The first-order chi connectivity index (χ1) is 9.61. The fourth-order valence-electron chi connectivity index (χ4n) is 2.58. The Hall–Kier alpha value is -2.49. The Labute approximate surface area is 117 Å². The Balaban J connectivity index is 2.36. The molecule has 0 fully saturated rings. The average molecular weight is 265 g/mol. The van der Waals surface area contributed by atoms with Crippen LogP contribution in [0.4, 0.5) is 5.82 Å². The highest BCUT2D eigenvalue weighted by Gasteiger charge is 2.17. The minimum atomic E-state index is 0.366. The number of nitrogens with zero attached hydrogens (tertiary/aromatic N) is 3. The quantitative estimate of drug-likeness (QED) is 0.647. The predicted octanol–water partition coefficient (Wildman–Crippen LogP) is 4.32. The molecule has 4 nitrogen and oxygen atoms in total. The summed E-state index contributed by atoms with van der Waals surface area (Å²) < 4.78 is 1.79.